The number of rotatable bonds is 9. The summed E-state index contributed by atoms with van der Waals surface area (Å²) in [5.74, 6) is 0.588. The third kappa shape index (κ3) is 5.77. The molecule has 0 spiro atoms. The molecule has 6 heteroatoms. The highest BCUT2D eigenvalue weighted by Gasteiger charge is 2.24. The van der Waals surface area contributed by atoms with Crippen LogP contribution in [-0.2, 0) is 4.74 Å². The summed E-state index contributed by atoms with van der Waals surface area (Å²) >= 11 is 3.52. The number of pyridine rings is 1. The van der Waals surface area contributed by atoms with Gasteiger partial charge in [-0.05, 0) is 55.1 Å². The van der Waals surface area contributed by atoms with Crippen molar-refractivity contribution in [2.75, 3.05) is 20.3 Å². The van der Waals surface area contributed by atoms with Crippen molar-refractivity contribution in [2.24, 2.45) is 4.99 Å². The molecule has 0 amide bonds. The topological polar surface area (TPSA) is 47.0 Å². The smallest absolute Gasteiger partial charge is 0.228 e. The lowest BCUT2D eigenvalue weighted by Crippen LogP contribution is -2.20. The molecule has 1 fully saturated rings. The second-order valence-electron chi connectivity index (χ2n) is 6.02. The van der Waals surface area contributed by atoms with Gasteiger partial charge in [0, 0.05) is 19.7 Å². The second-order valence-corrected chi connectivity index (χ2v) is 6.88. The van der Waals surface area contributed by atoms with Crippen LogP contribution in [0.4, 0.5) is 5.69 Å². The molecule has 1 aromatic heterocycles. The highest BCUT2D eigenvalue weighted by molar-refractivity contribution is 9.10. The molecular weight excluding hydrogens is 358 g/mol. The van der Waals surface area contributed by atoms with E-state index in [2.05, 4.69) is 44.8 Å². The standard InChI is InChI=1S/C17H26BrN3O2/c1-5-8-22-10-12(2)23-17-15(18)9-16(13(3)20-17)19-11-21(4)14-6-7-14/h9,11-12,14H,5-8,10H2,1-4H3/b19-11-. The summed E-state index contributed by atoms with van der Waals surface area (Å²) in [6.45, 7) is 7.33. The Kier molecular flexibility index (Phi) is 6.84. The van der Waals surface area contributed by atoms with Crippen molar-refractivity contribution in [3.8, 4) is 5.88 Å². The molecule has 1 unspecified atom stereocenters. The minimum atomic E-state index is -0.0416. The number of ether oxygens (including phenoxy) is 2. The summed E-state index contributed by atoms with van der Waals surface area (Å²) in [7, 11) is 2.06. The first-order chi connectivity index (χ1) is 11.0. The van der Waals surface area contributed by atoms with Crippen LogP contribution in [0.3, 0.4) is 0 Å². The Morgan fingerprint density at radius 2 is 2.26 bits per heavy atom. The molecule has 23 heavy (non-hydrogen) atoms. The first-order valence-electron chi connectivity index (χ1n) is 8.19. The zero-order chi connectivity index (χ0) is 16.8. The van der Waals surface area contributed by atoms with Crippen molar-refractivity contribution in [1.82, 2.24) is 9.88 Å². The fraction of sp³-hybridized carbons (Fsp3) is 0.647. The van der Waals surface area contributed by atoms with Gasteiger partial charge in [0.2, 0.25) is 5.88 Å². The Labute approximate surface area is 147 Å². The van der Waals surface area contributed by atoms with Crippen molar-refractivity contribution in [1.29, 1.82) is 0 Å². The number of hydrogen-bond donors (Lipinski definition) is 0. The molecule has 0 N–H and O–H groups in total. The molecule has 1 heterocycles. The zero-order valence-corrected chi connectivity index (χ0v) is 16.0. The van der Waals surface area contributed by atoms with Crippen molar-refractivity contribution < 1.29 is 9.47 Å². The van der Waals surface area contributed by atoms with E-state index in [9.17, 15) is 0 Å². The van der Waals surface area contributed by atoms with Crippen LogP contribution < -0.4 is 4.74 Å². The molecule has 1 saturated carbocycles. The van der Waals surface area contributed by atoms with Gasteiger partial charge in [-0.1, -0.05) is 6.92 Å². The maximum absolute atomic E-state index is 5.86. The molecule has 1 aliphatic carbocycles. The molecule has 0 aliphatic heterocycles. The van der Waals surface area contributed by atoms with Gasteiger partial charge >= 0.3 is 0 Å². The van der Waals surface area contributed by atoms with Gasteiger partial charge in [-0.2, -0.15) is 0 Å². The largest absolute Gasteiger partial charge is 0.471 e. The maximum atomic E-state index is 5.86. The number of hydrogen-bond acceptors (Lipinski definition) is 4. The SMILES string of the molecule is CCCOCC(C)Oc1nc(C)c(/N=C\N(C)C2CC2)cc1Br. The molecule has 0 radical (unpaired) electrons. The molecule has 1 aromatic rings. The van der Waals surface area contributed by atoms with Gasteiger partial charge in [0.05, 0.1) is 28.8 Å². The van der Waals surface area contributed by atoms with Gasteiger partial charge < -0.3 is 14.4 Å². The van der Waals surface area contributed by atoms with E-state index in [1.807, 2.05) is 26.3 Å². The Balaban J connectivity index is 1.98. The Bertz CT molecular complexity index is 547. The van der Waals surface area contributed by atoms with Gasteiger partial charge in [0.15, 0.2) is 0 Å². The van der Waals surface area contributed by atoms with Gasteiger partial charge in [-0.3, -0.25) is 0 Å². The van der Waals surface area contributed by atoms with Gasteiger partial charge in [-0.15, -0.1) is 0 Å². The lowest BCUT2D eigenvalue weighted by Gasteiger charge is -2.16. The summed E-state index contributed by atoms with van der Waals surface area (Å²) in [4.78, 5) is 11.2. The summed E-state index contributed by atoms with van der Waals surface area (Å²) in [5, 5.41) is 0. The van der Waals surface area contributed by atoms with Crippen LogP contribution in [0.25, 0.3) is 0 Å². The summed E-state index contributed by atoms with van der Waals surface area (Å²) in [6.07, 6.45) is 5.37. The van der Waals surface area contributed by atoms with Crippen LogP contribution in [0.1, 0.15) is 38.8 Å². The number of aryl methyl sites for hydroxylation is 1. The zero-order valence-electron chi connectivity index (χ0n) is 14.4. The van der Waals surface area contributed by atoms with Crippen molar-refractivity contribution in [3.05, 3.63) is 16.2 Å². The third-order valence-electron chi connectivity index (χ3n) is 3.62. The lowest BCUT2D eigenvalue weighted by molar-refractivity contribution is 0.0563. The lowest BCUT2D eigenvalue weighted by atomic mass is 10.3. The van der Waals surface area contributed by atoms with Crippen LogP contribution in [0.5, 0.6) is 5.88 Å². The Morgan fingerprint density at radius 1 is 1.52 bits per heavy atom. The van der Waals surface area contributed by atoms with Crippen LogP contribution in [-0.4, -0.2) is 48.6 Å². The maximum Gasteiger partial charge on any atom is 0.228 e. The van der Waals surface area contributed by atoms with Crippen LogP contribution in [0.2, 0.25) is 0 Å². The number of nitrogens with zero attached hydrogens (tertiary/aromatic N) is 3. The van der Waals surface area contributed by atoms with Gasteiger partial charge in [0.25, 0.3) is 0 Å². The Morgan fingerprint density at radius 3 is 2.91 bits per heavy atom. The predicted molar refractivity (Wildman–Crippen MR) is 96.8 cm³/mol. The fourth-order valence-electron chi connectivity index (χ4n) is 2.11. The first kappa shape index (κ1) is 18.2. The summed E-state index contributed by atoms with van der Waals surface area (Å²) < 4.78 is 12.2. The number of aromatic nitrogens is 1. The van der Waals surface area contributed by atoms with Crippen molar-refractivity contribution in [2.45, 2.75) is 52.2 Å². The molecule has 1 atom stereocenters. The predicted octanol–water partition coefficient (Wildman–Crippen LogP) is 4.10. The molecular formula is C17H26BrN3O2. The van der Waals surface area contributed by atoms with E-state index in [4.69, 9.17) is 9.47 Å². The van der Waals surface area contributed by atoms with E-state index < -0.39 is 0 Å². The van der Waals surface area contributed by atoms with E-state index in [-0.39, 0.29) is 6.10 Å². The van der Waals surface area contributed by atoms with Gasteiger partial charge in [-0.25, -0.2) is 9.98 Å². The molecule has 0 aromatic carbocycles. The molecule has 0 bridgehead atoms. The van der Waals surface area contributed by atoms with E-state index in [0.717, 1.165) is 28.9 Å². The quantitative estimate of drug-likeness (QED) is 0.365. The highest BCUT2D eigenvalue weighted by Crippen LogP contribution is 2.31. The average molecular weight is 384 g/mol. The minimum Gasteiger partial charge on any atom is -0.471 e. The van der Waals surface area contributed by atoms with E-state index in [0.29, 0.717) is 18.5 Å². The first-order valence-corrected chi connectivity index (χ1v) is 8.98. The third-order valence-corrected chi connectivity index (χ3v) is 4.19. The monoisotopic (exact) mass is 383 g/mol. The van der Waals surface area contributed by atoms with Gasteiger partial charge in [0.1, 0.15) is 6.10 Å². The summed E-state index contributed by atoms with van der Waals surface area (Å²) in [6, 6.07) is 2.61. The molecule has 0 saturated heterocycles. The highest BCUT2D eigenvalue weighted by atomic mass is 79.9. The molecule has 5 nitrogen and oxygen atoms in total. The van der Waals surface area contributed by atoms with E-state index in [1.54, 1.807) is 0 Å². The van der Waals surface area contributed by atoms with Crippen LogP contribution >= 0.6 is 15.9 Å². The molecule has 1 aliphatic rings. The average Bonchev–Trinajstić information content (AvgIpc) is 3.34. The normalized spacial score (nSPS) is 15.9. The van der Waals surface area contributed by atoms with E-state index >= 15 is 0 Å². The second kappa shape index (κ2) is 8.64. The number of aliphatic imine (C=N–C) groups is 1. The van der Waals surface area contributed by atoms with Crippen LogP contribution in [0.15, 0.2) is 15.5 Å². The number of halogens is 1. The Hall–Kier alpha value is -1.14. The fourth-order valence-corrected chi connectivity index (χ4v) is 2.51. The van der Waals surface area contributed by atoms with E-state index in [1.165, 1.54) is 12.8 Å². The summed E-state index contributed by atoms with van der Waals surface area (Å²) in [5.41, 5.74) is 1.71. The van der Waals surface area contributed by atoms with Crippen LogP contribution in [0, 0.1) is 6.92 Å². The molecule has 2 rings (SSSR count). The molecule has 128 valence electrons. The van der Waals surface area contributed by atoms with Crippen molar-refractivity contribution >= 4 is 28.0 Å². The van der Waals surface area contributed by atoms with Crippen molar-refractivity contribution in [3.63, 3.8) is 0 Å². The minimum absolute atomic E-state index is 0.0416.